The van der Waals surface area contributed by atoms with E-state index in [1.165, 1.54) is 5.56 Å². The third-order valence-electron chi connectivity index (χ3n) is 2.48. The molecule has 1 aromatic carbocycles. The van der Waals surface area contributed by atoms with E-state index >= 15 is 0 Å². The number of hydrogen-bond donors (Lipinski definition) is 0. The maximum atomic E-state index is 8.85. The van der Waals surface area contributed by atoms with E-state index in [-0.39, 0.29) is 0 Å². The van der Waals surface area contributed by atoms with E-state index in [0.717, 1.165) is 19.0 Å². The minimum atomic E-state index is 0.586. The van der Waals surface area contributed by atoms with E-state index in [4.69, 9.17) is 14.7 Å². The summed E-state index contributed by atoms with van der Waals surface area (Å²) < 4.78 is 10.3. The number of nitrogens with zero attached hydrogens (tertiary/aromatic N) is 1. The number of methoxy groups -OCH3 is 1. The summed E-state index contributed by atoms with van der Waals surface area (Å²) in [5.74, 6) is 1.60. The van der Waals surface area contributed by atoms with Crippen molar-refractivity contribution in [2.75, 3.05) is 20.3 Å². The van der Waals surface area contributed by atoms with Gasteiger partial charge in [0.1, 0.15) is 11.8 Å². The predicted octanol–water partition coefficient (Wildman–Crippen LogP) is 2.20. The van der Waals surface area contributed by atoms with Crippen LogP contribution in [0, 0.1) is 11.3 Å². The molecule has 4 heteroatoms. The molecular formula is C12H13NO2S. The molecule has 0 amide bonds. The minimum Gasteiger partial charge on any atom is -0.495 e. The highest BCUT2D eigenvalue weighted by Crippen LogP contribution is 2.26. The SMILES string of the molecule is COc1cc(CSC2COC2)ccc1C#N. The molecule has 0 radical (unpaired) electrons. The zero-order valence-electron chi connectivity index (χ0n) is 9.10. The van der Waals surface area contributed by atoms with Gasteiger partial charge in [0.05, 0.1) is 31.1 Å². The van der Waals surface area contributed by atoms with Crippen LogP contribution in [0.3, 0.4) is 0 Å². The number of thioether (sulfide) groups is 1. The van der Waals surface area contributed by atoms with Crippen LogP contribution in [0.25, 0.3) is 0 Å². The maximum Gasteiger partial charge on any atom is 0.136 e. The van der Waals surface area contributed by atoms with Crippen molar-refractivity contribution in [2.24, 2.45) is 0 Å². The van der Waals surface area contributed by atoms with E-state index in [1.54, 1.807) is 7.11 Å². The Hall–Kier alpha value is -1.18. The summed E-state index contributed by atoms with van der Waals surface area (Å²) in [6, 6.07) is 7.84. The normalized spacial score (nSPS) is 15.2. The Bertz CT molecular complexity index is 410. The minimum absolute atomic E-state index is 0.586. The van der Waals surface area contributed by atoms with Crippen molar-refractivity contribution < 1.29 is 9.47 Å². The summed E-state index contributed by atoms with van der Waals surface area (Å²) in [5, 5.41) is 9.48. The van der Waals surface area contributed by atoms with Crippen molar-refractivity contribution in [3.63, 3.8) is 0 Å². The van der Waals surface area contributed by atoms with Gasteiger partial charge in [0.2, 0.25) is 0 Å². The number of nitriles is 1. The van der Waals surface area contributed by atoms with E-state index in [9.17, 15) is 0 Å². The molecule has 0 N–H and O–H groups in total. The summed E-state index contributed by atoms with van der Waals surface area (Å²) in [5.41, 5.74) is 1.77. The Morgan fingerprint density at radius 2 is 2.38 bits per heavy atom. The van der Waals surface area contributed by atoms with Gasteiger partial charge in [0.15, 0.2) is 0 Å². The fraction of sp³-hybridized carbons (Fsp3) is 0.417. The number of benzene rings is 1. The lowest BCUT2D eigenvalue weighted by Crippen LogP contribution is -2.30. The second-order valence-corrected chi connectivity index (χ2v) is 4.91. The molecule has 1 heterocycles. The van der Waals surface area contributed by atoms with E-state index in [1.807, 2.05) is 30.0 Å². The largest absolute Gasteiger partial charge is 0.495 e. The molecule has 1 aliphatic rings. The van der Waals surface area contributed by atoms with Crippen LogP contribution in [0.15, 0.2) is 18.2 Å². The van der Waals surface area contributed by atoms with Crippen molar-refractivity contribution in [1.29, 1.82) is 5.26 Å². The van der Waals surface area contributed by atoms with Crippen LogP contribution >= 0.6 is 11.8 Å². The van der Waals surface area contributed by atoms with Gasteiger partial charge in [-0.05, 0) is 17.7 Å². The van der Waals surface area contributed by atoms with Crippen LogP contribution in [0.5, 0.6) is 5.75 Å². The molecular weight excluding hydrogens is 222 g/mol. The van der Waals surface area contributed by atoms with Crippen LogP contribution < -0.4 is 4.74 Å². The summed E-state index contributed by atoms with van der Waals surface area (Å²) >= 11 is 1.89. The highest BCUT2D eigenvalue weighted by molar-refractivity contribution is 7.99. The molecule has 0 atom stereocenters. The first kappa shape index (κ1) is 11.3. The molecule has 1 fully saturated rings. The Balaban J connectivity index is 2.01. The number of ether oxygens (including phenoxy) is 2. The van der Waals surface area contributed by atoms with Gasteiger partial charge in [-0.2, -0.15) is 5.26 Å². The summed E-state index contributed by atoms with van der Waals surface area (Å²) in [6.07, 6.45) is 0. The van der Waals surface area contributed by atoms with Gasteiger partial charge in [0.25, 0.3) is 0 Å². The Morgan fingerprint density at radius 1 is 1.56 bits per heavy atom. The smallest absolute Gasteiger partial charge is 0.136 e. The molecule has 1 aliphatic heterocycles. The van der Waals surface area contributed by atoms with E-state index in [0.29, 0.717) is 16.6 Å². The quantitative estimate of drug-likeness (QED) is 0.802. The zero-order valence-corrected chi connectivity index (χ0v) is 9.92. The number of hydrogen-bond acceptors (Lipinski definition) is 4. The first-order chi connectivity index (χ1) is 7.83. The van der Waals surface area contributed by atoms with Crippen molar-refractivity contribution in [2.45, 2.75) is 11.0 Å². The lowest BCUT2D eigenvalue weighted by Gasteiger charge is -2.25. The van der Waals surface area contributed by atoms with Crippen LogP contribution in [0.4, 0.5) is 0 Å². The van der Waals surface area contributed by atoms with Gasteiger partial charge < -0.3 is 9.47 Å². The average molecular weight is 235 g/mol. The highest BCUT2D eigenvalue weighted by atomic mass is 32.2. The van der Waals surface area contributed by atoms with Gasteiger partial charge in [-0.15, -0.1) is 11.8 Å². The molecule has 0 unspecified atom stereocenters. The van der Waals surface area contributed by atoms with Crippen LogP contribution in [0.1, 0.15) is 11.1 Å². The lowest BCUT2D eigenvalue weighted by molar-refractivity contribution is 0.0455. The standard InChI is InChI=1S/C12H13NO2S/c1-14-12-4-9(2-3-10(12)5-13)8-16-11-6-15-7-11/h2-4,11H,6-8H2,1H3. The van der Waals surface area contributed by atoms with Gasteiger partial charge in [-0.3, -0.25) is 0 Å². The van der Waals surface area contributed by atoms with Gasteiger partial charge in [-0.1, -0.05) is 6.07 Å². The molecule has 0 spiro atoms. The van der Waals surface area contributed by atoms with Gasteiger partial charge >= 0.3 is 0 Å². The third-order valence-corrected chi connectivity index (χ3v) is 3.72. The van der Waals surface area contributed by atoms with E-state index < -0.39 is 0 Å². The van der Waals surface area contributed by atoms with Crippen molar-refractivity contribution >= 4 is 11.8 Å². The van der Waals surface area contributed by atoms with E-state index in [2.05, 4.69) is 6.07 Å². The van der Waals surface area contributed by atoms with Crippen molar-refractivity contribution in [3.8, 4) is 11.8 Å². The summed E-state index contributed by atoms with van der Waals surface area (Å²) in [6.45, 7) is 1.72. The molecule has 0 bridgehead atoms. The molecule has 1 saturated heterocycles. The Kier molecular flexibility index (Phi) is 3.70. The van der Waals surface area contributed by atoms with Crippen LogP contribution in [-0.2, 0) is 10.5 Å². The van der Waals surface area contributed by atoms with Crippen molar-refractivity contribution in [1.82, 2.24) is 0 Å². The summed E-state index contributed by atoms with van der Waals surface area (Å²) in [7, 11) is 1.59. The third kappa shape index (κ3) is 2.49. The number of rotatable bonds is 4. The zero-order chi connectivity index (χ0) is 11.4. The topological polar surface area (TPSA) is 42.2 Å². The monoisotopic (exact) mass is 235 g/mol. The first-order valence-corrected chi connectivity index (χ1v) is 6.14. The van der Waals surface area contributed by atoms with Gasteiger partial charge in [0, 0.05) is 5.75 Å². The molecule has 3 nitrogen and oxygen atoms in total. The Morgan fingerprint density at radius 3 is 2.94 bits per heavy atom. The van der Waals surface area contributed by atoms with Crippen molar-refractivity contribution in [3.05, 3.63) is 29.3 Å². The molecule has 0 aromatic heterocycles. The first-order valence-electron chi connectivity index (χ1n) is 5.10. The fourth-order valence-corrected chi connectivity index (χ4v) is 2.43. The average Bonchev–Trinajstić information content (AvgIpc) is 2.26. The molecule has 0 saturated carbocycles. The lowest BCUT2D eigenvalue weighted by atomic mass is 10.1. The molecule has 84 valence electrons. The van der Waals surface area contributed by atoms with Crippen LogP contribution in [0.2, 0.25) is 0 Å². The second kappa shape index (κ2) is 5.24. The summed E-state index contributed by atoms with van der Waals surface area (Å²) in [4.78, 5) is 0. The molecule has 16 heavy (non-hydrogen) atoms. The highest BCUT2D eigenvalue weighted by Gasteiger charge is 2.18. The second-order valence-electron chi connectivity index (χ2n) is 3.62. The molecule has 2 rings (SSSR count). The van der Waals surface area contributed by atoms with Crippen LogP contribution in [-0.4, -0.2) is 25.6 Å². The fourth-order valence-electron chi connectivity index (χ4n) is 1.44. The predicted molar refractivity (Wildman–Crippen MR) is 63.6 cm³/mol. The molecule has 0 aliphatic carbocycles. The molecule has 1 aromatic rings. The van der Waals surface area contributed by atoms with Gasteiger partial charge in [-0.25, -0.2) is 0 Å². The maximum absolute atomic E-state index is 8.85. The Labute approximate surface area is 99.4 Å².